The second-order valence-electron chi connectivity index (χ2n) is 6.26. The Bertz CT molecular complexity index is 646. The third-order valence-corrected chi connectivity index (χ3v) is 4.78. The van der Waals surface area contributed by atoms with E-state index in [2.05, 4.69) is 5.32 Å². The van der Waals surface area contributed by atoms with Crippen molar-refractivity contribution in [1.82, 2.24) is 0 Å². The third kappa shape index (κ3) is 3.21. The molecule has 0 radical (unpaired) electrons. The minimum atomic E-state index is -0.895. The van der Waals surface area contributed by atoms with E-state index in [1.54, 1.807) is 0 Å². The lowest BCUT2D eigenvalue weighted by Gasteiger charge is -2.29. The third-order valence-electron chi connectivity index (χ3n) is 4.78. The van der Waals surface area contributed by atoms with Crippen LogP contribution in [0.3, 0.4) is 0 Å². The number of rotatable bonds is 3. The summed E-state index contributed by atoms with van der Waals surface area (Å²) in [5.74, 6) is -2.25. The van der Waals surface area contributed by atoms with Crippen LogP contribution in [0, 0.1) is 25.7 Å². The Morgan fingerprint density at radius 2 is 1.64 bits per heavy atom. The van der Waals surface area contributed by atoms with Crippen molar-refractivity contribution >= 4 is 17.6 Å². The number of carbonyl (C=O) groups is 2. The number of carboxylic acid groups (broad SMARTS) is 1. The largest absolute Gasteiger partial charge is 0.481 e. The van der Waals surface area contributed by atoms with Gasteiger partial charge in [0.2, 0.25) is 5.91 Å². The summed E-state index contributed by atoms with van der Waals surface area (Å²) in [4.78, 5) is 24.1. The molecule has 0 aliphatic heterocycles. The lowest BCUT2D eigenvalue weighted by atomic mass is 9.76. The molecule has 1 amide bonds. The van der Waals surface area contributed by atoms with Crippen molar-refractivity contribution in [1.29, 1.82) is 0 Å². The number of anilines is 1. The highest BCUT2D eigenvalue weighted by atomic mass is 16.4. The maximum atomic E-state index is 12.6. The normalized spacial score (nSPS) is 21.6. The van der Waals surface area contributed by atoms with Gasteiger partial charge in [-0.05, 0) is 57.7 Å². The molecule has 0 saturated heterocycles. The molecular formula is C18H23NO3. The van der Waals surface area contributed by atoms with Gasteiger partial charge in [0.25, 0.3) is 0 Å². The lowest BCUT2D eigenvalue weighted by molar-refractivity contribution is -0.146. The van der Waals surface area contributed by atoms with Crippen LogP contribution in [0.4, 0.5) is 5.69 Å². The number of carboxylic acids is 1. The lowest BCUT2D eigenvalue weighted by Crippen LogP contribution is -2.36. The molecule has 2 N–H and O–H groups in total. The average molecular weight is 301 g/mol. The Kier molecular flexibility index (Phi) is 4.69. The predicted molar refractivity (Wildman–Crippen MR) is 86.8 cm³/mol. The van der Waals surface area contributed by atoms with E-state index in [1.807, 2.05) is 45.9 Å². The minimum Gasteiger partial charge on any atom is -0.481 e. The van der Waals surface area contributed by atoms with Gasteiger partial charge >= 0.3 is 5.97 Å². The number of allylic oxidation sites excluding steroid dienone is 2. The quantitative estimate of drug-likeness (QED) is 0.837. The zero-order chi connectivity index (χ0) is 16.4. The molecule has 118 valence electrons. The van der Waals surface area contributed by atoms with Crippen molar-refractivity contribution < 1.29 is 14.7 Å². The minimum absolute atomic E-state index is 0.201. The van der Waals surface area contributed by atoms with Crippen molar-refractivity contribution in [2.45, 2.75) is 40.5 Å². The Morgan fingerprint density at radius 3 is 2.23 bits per heavy atom. The summed E-state index contributed by atoms with van der Waals surface area (Å²) < 4.78 is 0. The molecule has 1 aliphatic carbocycles. The molecule has 2 rings (SSSR count). The Hall–Kier alpha value is -2.10. The number of hydrogen-bond acceptors (Lipinski definition) is 2. The SMILES string of the molecule is CC1=C(C)C[C@H](C(=O)Nc2cccc(C)c2C)[C@@H](C(=O)O)C1. The van der Waals surface area contributed by atoms with Crippen LogP contribution in [-0.4, -0.2) is 17.0 Å². The number of amides is 1. The molecule has 0 spiro atoms. The molecule has 2 atom stereocenters. The summed E-state index contributed by atoms with van der Waals surface area (Å²) in [6.45, 7) is 7.87. The Morgan fingerprint density at radius 1 is 1.05 bits per heavy atom. The topological polar surface area (TPSA) is 66.4 Å². The Labute approximate surface area is 131 Å². The molecule has 1 aromatic rings. The van der Waals surface area contributed by atoms with Crippen molar-refractivity contribution in [2.24, 2.45) is 11.8 Å². The van der Waals surface area contributed by atoms with Crippen molar-refractivity contribution in [2.75, 3.05) is 5.32 Å². The molecule has 0 unspecified atom stereocenters. The van der Waals surface area contributed by atoms with E-state index < -0.39 is 17.8 Å². The molecule has 1 aromatic carbocycles. The van der Waals surface area contributed by atoms with Gasteiger partial charge in [0.15, 0.2) is 0 Å². The molecule has 4 nitrogen and oxygen atoms in total. The van der Waals surface area contributed by atoms with E-state index in [9.17, 15) is 14.7 Å². The molecule has 0 aromatic heterocycles. The number of benzene rings is 1. The number of aryl methyl sites for hydroxylation is 1. The first-order chi connectivity index (χ1) is 10.3. The number of aliphatic carboxylic acids is 1. The predicted octanol–water partition coefficient (Wildman–Crippen LogP) is 3.69. The van der Waals surface area contributed by atoms with Gasteiger partial charge in [-0.15, -0.1) is 0 Å². The first-order valence-electron chi connectivity index (χ1n) is 7.56. The van der Waals surface area contributed by atoms with Crippen molar-refractivity contribution in [3.8, 4) is 0 Å². The van der Waals surface area contributed by atoms with Gasteiger partial charge < -0.3 is 10.4 Å². The second kappa shape index (κ2) is 6.34. The molecule has 22 heavy (non-hydrogen) atoms. The first kappa shape index (κ1) is 16.3. The molecule has 0 fully saturated rings. The molecule has 4 heteroatoms. The standard InChI is InChI=1S/C18H23NO3/c1-10-6-5-7-16(13(10)4)19-17(20)14-8-11(2)12(3)9-15(14)18(21)22/h5-7,14-15H,8-9H2,1-4H3,(H,19,20)(H,21,22)/t14-,15-/m0/s1. The zero-order valence-electron chi connectivity index (χ0n) is 13.6. The van der Waals surface area contributed by atoms with E-state index in [4.69, 9.17) is 0 Å². The fraction of sp³-hybridized carbons (Fsp3) is 0.444. The first-order valence-corrected chi connectivity index (χ1v) is 7.56. The highest BCUT2D eigenvalue weighted by Crippen LogP contribution is 2.35. The van der Waals surface area contributed by atoms with Crippen LogP contribution in [0.15, 0.2) is 29.3 Å². The van der Waals surface area contributed by atoms with Gasteiger partial charge in [-0.2, -0.15) is 0 Å². The van der Waals surface area contributed by atoms with Gasteiger partial charge in [-0.25, -0.2) is 0 Å². The van der Waals surface area contributed by atoms with E-state index in [1.165, 1.54) is 0 Å². The summed E-state index contributed by atoms with van der Waals surface area (Å²) in [7, 11) is 0. The van der Waals surface area contributed by atoms with Gasteiger partial charge in [0.1, 0.15) is 0 Å². The summed E-state index contributed by atoms with van der Waals surface area (Å²) in [5, 5.41) is 12.3. The second-order valence-corrected chi connectivity index (χ2v) is 6.26. The highest BCUT2D eigenvalue weighted by Gasteiger charge is 2.37. The van der Waals surface area contributed by atoms with E-state index in [0.717, 1.165) is 28.0 Å². The summed E-state index contributed by atoms with van der Waals surface area (Å²) in [6, 6.07) is 5.73. The van der Waals surface area contributed by atoms with Crippen LogP contribution in [0.5, 0.6) is 0 Å². The fourth-order valence-corrected chi connectivity index (χ4v) is 2.94. The van der Waals surface area contributed by atoms with Crippen molar-refractivity contribution in [3.63, 3.8) is 0 Å². The molecule has 0 bridgehead atoms. The number of nitrogens with one attached hydrogen (secondary N) is 1. The van der Waals surface area contributed by atoms with Gasteiger partial charge in [-0.1, -0.05) is 23.3 Å². The number of carbonyl (C=O) groups excluding carboxylic acids is 1. The maximum absolute atomic E-state index is 12.6. The van der Waals surface area contributed by atoms with Gasteiger partial charge in [-0.3, -0.25) is 9.59 Å². The number of hydrogen-bond donors (Lipinski definition) is 2. The molecule has 0 heterocycles. The van der Waals surface area contributed by atoms with Crippen LogP contribution in [-0.2, 0) is 9.59 Å². The summed E-state index contributed by atoms with van der Waals surface area (Å²) >= 11 is 0. The summed E-state index contributed by atoms with van der Waals surface area (Å²) in [5.41, 5.74) is 5.09. The van der Waals surface area contributed by atoms with Crippen LogP contribution in [0.2, 0.25) is 0 Å². The average Bonchev–Trinajstić information content (AvgIpc) is 2.46. The van der Waals surface area contributed by atoms with Crippen LogP contribution < -0.4 is 5.32 Å². The fourth-order valence-electron chi connectivity index (χ4n) is 2.94. The smallest absolute Gasteiger partial charge is 0.307 e. The highest BCUT2D eigenvalue weighted by molar-refractivity contribution is 5.96. The monoisotopic (exact) mass is 301 g/mol. The molecule has 0 saturated carbocycles. The van der Waals surface area contributed by atoms with Crippen LogP contribution >= 0.6 is 0 Å². The molecular weight excluding hydrogens is 278 g/mol. The van der Waals surface area contributed by atoms with Crippen LogP contribution in [0.1, 0.15) is 37.8 Å². The van der Waals surface area contributed by atoms with Gasteiger partial charge in [0.05, 0.1) is 11.8 Å². The summed E-state index contributed by atoms with van der Waals surface area (Å²) in [6.07, 6.45) is 0.964. The van der Waals surface area contributed by atoms with E-state index in [-0.39, 0.29) is 5.91 Å². The molecule has 1 aliphatic rings. The van der Waals surface area contributed by atoms with Crippen molar-refractivity contribution in [3.05, 3.63) is 40.5 Å². The zero-order valence-corrected chi connectivity index (χ0v) is 13.6. The van der Waals surface area contributed by atoms with E-state index >= 15 is 0 Å². The Balaban J connectivity index is 2.24. The van der Waals surface area contributed by atoms with Crippen LogP contribution in [0.25, 0.3) is 0 Å². The van der Waals surface area contributed by atoms with Gasteiger partial charge in [0, 0.05) is 5.69 Å². The maximum Gasteiger partial charge on any atom is 0.307 e. The van der Waals surface area contributed by atoms with E-state index in [0.29, 0.717) is 12.8 Å².